The Morgan fingerprint density at radius 1 is 1.12 bits per heavy atom. The summed E-state index contributed by atoms with van der Waals surface area (Å²) in [7, 11) is 3.45. The van der Waals surface area contributed by atoms with Crippen LogP contribution in [0.3, 0.4) is 0 Å². The quantitative estimate of drug-likeness (QED) is 0.839. The molecule has 2 aromatic carbocycles. The first kappa shape index (κ1) is 17.3. The van der Waals surface area contributed by atoms with Gasteiger partial charge in [-0.2, -0.15) is 0 Å². The Morgan fingerprint density at radius 2 is 1.80 bits per heavy atom. The van der Waals surface area contributed by atoms with Gasteiger partial charge in [0.15, 0.2) is 0 Å². The number of carbonyl (C=O) groups is 1. The van der Waals surface area contributed by atoms with Crippen molar-refractivity contribution in [1.29, 1.82) is 0 Å². The van der Waals surface area contributed by atoms with Gasteiger partial charge >= 0.3 is 0 Å². The van der Waals surface area contributed by atoms with Crippen LogP contribution in [0.1, 0.15) is 15.9 Å². The highest BCUT2D eigenvalue weighted by Crippen LogP contribution is 2.21. The van der Waals surface area contributed by atoms with Gasteiger partial charge in [-0.3, -0.25) is 4.79 Å². The molecule has 2 aromatic rings. The third-order valence-electron chi connectivity index (χ3n) is 4.44. The van der Waals surface area contributed by atoms with Crippen molar-refractivity contribution in [3.63, 3.8) is 0 Å². The van der Waals surface area contributed by atoms with Gasteiger partial charge in [0, 0.05) is 43.5 Å². The molecule has 3 rings (SSSR count). The summed E-state index contributed by atoms with van der Waals surface area (Å²) >= 11 is 0. The number of amides is 1. The van der Waals surface area contributed by atoms with Crippen LogP contribution in [0.5, 0.6) is 5.75 Å². The van der Waals surface area contributed by atoms with E-state index in [1.54, 1.807) is 12.0 Å². The highest BCUT2D eigenvalue weighted by Gasteiger charge is 2.15. The molecular weight excluding hydrogens is 316 g/mol. The minimum absolute atomic E-state index is 0.000524. The molecule has 0 N–H and O–H groups in total. The molecule has 1 fully saturated rings. The number of benzene rings is 2. The summed E-state index contributed by atoms with van der Waals surface area (Å²) in [5, 5.41) is 0. The van der Waals surface area contributed by atoms with E-state index in [-0.39, 0.29) is 5.91 Å². The number of anilines is 1. The average Bonchev–Trinajstić information content (AvgIpc) is 2.68. The summed E-state index contributed by atoms with van der Waals surface area (Å²) in [6.07, 6.45) is 0. The highest BCUT2D eigenvalue weighted by molar-refractivity contribution is 5.94. The van der Waals surface area contributed by atoms with Gasteiger partial charge in [0.05, 0.1) is 20.3 Å². The van der Waals surface area contributed by atoms with Crippen LogP contribution in [0.25, 0.3) is 0 Å². The zero-order valence-corrected chi connectivity index (χ0v) is 14.8. The molecule has 1 saturated heterocycles. The van der Waals surface area contributed by atoms with Crippen LogP contribution in [0.4, 0.5) is 5.69 Å². The molecule has 5 heteroatoms. The Kier molecular flexibility index (Phi) is 5.56. The predicted molar refractivity (Wildman–Crippen MR) is 98.3 cm³/mol. The van der Waals surface area contributed by atoms with Crippen LogP contribution in [0.2, 0.25) is 0 Å². The van der Waals surface area contributed by atoms with Crippen LogP contribution >= 0.6 is 0 Å². The summed E-state index contributed by atoms with van der Waals surface area (Å²) in [4.78, 5) is 16.7. The van der Waals surface area contributed by atoms with Crippen molar-refractivity contribution in [2.75, 3.05) is 45.4 Å². The standard InChI is InChI=1S/C20H24N2O3/c1-21(15-17-5-3-4-6-19(17)24-2)20(23)16-7-9-18(10-8-16)22-11-13-25-14-12-22/h3-10H,11-15H2,1-2H3. The number of nitrogens with zero attached hydrogens (tertiary/aromatic N) is 2. The summed E-state index contributed by atoms with van der Waals surface area (Å²) < 4.78 is 10.7. The van der Waals surface area contributed by atoms with Gasteiger partial charge in [-0.15, -0.1) is 0 Å². The Labute approximate surface area is 148 Å². The van der Waals surface area contributed by atoms with Gasteiger partial charge in [0.25, 0.3) is 5.91 Å². The van der Waals surface area contributed by atoms with E-state index in [1.165, 1.54) is 0 Å². The Balaban J connectivity index is 1.67. The monoisotopic (exact) mass is 340 g/mol. The lowest BCUT2D eigenvalue weighted by molar-refractivity contribution is 0.0784. The fraction of sp³-hybridized carbons (Fsp3) is 0.350. The van der Waals surface area contributed by atoms with Crippen molar-refractivity contribution in [3.8, 4) is 5.75 Å². The molecule has 5 nitrogen and oxygen atoms in total. The number of carbonyl (C=O) groups excluding carboxylic acids is 1. The molecule has 0 atom stereocenters. The van der Waals surface area contributed by atoms with E-state index in [0.29, 0.717) is 12.1 Å². The molecule has 132 valence electrons. The SMILES string of the molecule is COc1ccccc1CN(C)C(=O)c1ccc(N2CCOCC2)cc1. The zero-order valence-electron chi connectivity index (χ0n) is 14.8. The first-order valence-corrected chi connectivity index (χ1v) is 8.49. The zero-order chi connectivity index (χ0) is 17.6. The van der Waals surface area contributed by atoms with Crippen LogP contribution in [-0.4, -0.2) is 51.3 Å². The second kappa shape index (κ2) is 8.03. The van der Waals surface area contributed by atoms with Crippen LogP contribution < -0.4 is 9.64 Å². The van der Waals surface area contributed by atoms with E-state index < -0.39 is 0 Å². The van der Waals surface area contributed by atoms with Crippen LogP contribution in [0, 0.1) is 0 Å². The lowest BCUT2D eigenvalue weighted by atomic mass is 10.1. The minimum Gasteiger partial charge on any atom is -0.496 e. The fourth-order valence-corrected chi connectivity index (χ4v) is 3.02. The maximum atomic E-state index is 12.7. The second-order valence-corrected chi connectivity index (χ2v) is 6.12. The molecule has 0 unspecified atom stereocenters. The van der Waals surface area contributed by atoms with Gasteiger partial charge in [-0.25, -0.2) is 0 Å². The van der Waals surface area contributed by atoms with E-state index in [1.807, 2.05) is 55.6 Å². The Bertz CT molecular complexity index is 709. The summed E-state index contributed by atoms with van der Waals surface area (Å²) in [6, 6.07) is 15.6. The number of hydrogen-bond donors (Lipinski definition) is 0. The van der Waals surface area contributed by atoms with Crippen molar-refractivity contribution in [3.05, 3.63) is 59.7 Å². The van der Waals surface area contributed by atoms with Crippen molar-refractivity contribution in [2.24, 2.45) is 0 Å². The number of rotatable bonds is 5. The third kappa shape index (κ3) is 4.12. The summed E-state index contributed by atoms with van der Waals surface area (Å²) in [5.74, 6) is 0.796. The summed E-state index contributed by atoms with van der Waals surface area (Å²) in [5.41, 5.74) is 2.81. The number of methoxy groups -OCH3 is 1. The molecule has 0 radical (unpaired) electrons. The van der Waals surface area contributed by atoms with Crippen LogP contribution in [-0.2, 0) is 11.3 Å². The van der Waals surface area contributed by atoms with Crippen LogP contribution in [0.15, 0.2) is 48.5 Å². The molecular formula is C20H24N2O3. The molecule has 1 aliphatic heterocycles. The van der Waals surface area contributed by atoms with Crippen molar-refractivity contribution in [1.82, 2.24) is 4.90 Å². The minimum atomic E-state index is -0.000524. The van der Waals surface area contributed by atoms with Gasteiger partial charge in [0.2, 0.25) is 0 Å². The number of ether oxygens (including phenoxy) is 2. The molecule has 25 heavy (non-hydrogen) atoms. The molecule has 0 aromatic heterocycles. The van der Waals surface area contributed by atoms with E-state index in [4.69, 9.17) is 9.47 Å². The highest BCUT2D eigenvalue weighted by atomic mass is 16.5. The molecule has 0 spiro atoms. The molecule has 0 bridgehead atoms. The molecule has 1 heterocycles. The van der Waals surface area contributed by atoms with Gasteiger partial charge < -0.3 is 19.3 Å². The fourth-order valence-electron chi connectivity index (χ4n) is 3.02. The maximum absolute atomic E-state index is 12.7. The van der Waals surface area contributed by atoms with E-state index in [0.717, 1.165) is 43.3 Å². The van der Waals surface area contributed by atoms with Crippen molar-refractivity contribution >= 4 is 11.6 Å². The van der Waals surface area contributed by atoms with E-state index in [9.17, 15) is 4.79 Å². The van der Waals surface area contributed by atoms with Gasteiger partial charge in [-0.1, -0.05) is 18.2 Å². The maximum Gasteiger partial charge on any atom is 0.253 e. The lowest BCUT2D eigenvalue weighted by Gasteiger charge is -2.29. The second-order valence-electron chi connectivity index (χ2n) is 6.12. The topological polar surface area (TPSA) is 42.0 Å². The molecule has 0 aliphatic carbocycles. The summed E-state index contributed by atoms with van der Waals surface area (Å²) in [6.45, 7) is 3.79. The number of para-hydroxylation sites is 1. The lowest BCUT2D eigenvalue weighted by Crippen LogP contribution is -2.36. The van der Waals surface area contributed by atoms with E-state index in [2.05, 4.69) is 4.90 Å². The van der Waals surface area contributed by atoms with Gasteiger partial charge in [-0.05, 0) is 30.3 Å². The largest absolute Gasteiger partial charge is 0.496 e. The van der Waals surface area contributed by atoms with E-state index >= 15 is 0 Å². The Hall–Kier alpha value is -2.53. The first-order chi connectivity index (χ1) is 12.2. The predicted octanol–water partition coefficient (Wildman–Crippen LogP) is 2.80. The Morgan fingerprint density at radius 3 is 2.48 bits per heavy atom. The first-order valence-electron chi connectivity index (χ1n) is 8.49. The van der Waals surface area contributed by atoms with Crippen molar-refractivity contribution < 1.29 is 14.3 Å². The molecule has 1 aliphatic rings. The third-order valence-corrected chi connectivity index (χ3v) is 4.44. The smallest absolute Gasteiger partial charge is 0.253 e. The number of hydrogen-bond acceptors (Lipinski definition) is 4. The number of morpholine rings is 1. The molecule has 1 amide bonds. The molecule has 0 saturated carbocycles. The normalized spacial score (nSPS) is 14.2. The van der Waals surface area contributed by atoms with Crippen molar-refractivity contribution in [2.45, 2.75) is 6.54 Å². The van der Waals surface area contributed by atoms with Gasteiger partial charge in [0.1, 0.15) is 5.75 Å². The average molecular weight is 340 g/mol.